The summed E-state index contributed by atoms with van der Waals surface area (Å²) >= 11 is 0. The number of hydrogen-bond acceptors (Lipinski definition) is 4. The van der Waals surface area contributed by atoms with Gasteiger partial charge in [0.25, 0.3) is 5.91 Å². The third-order valence-electron chi connectivity index (χ3n) is 5.03. The van der Waals surface area contributed by atoms with Crippen LogP contribution in [0, 0.1) is 0 Å². The van der Waals surface area contributed by atoms with Gasteiger partial charge in [0.2, 0.25) is 0 Å². The van der Waals surface area contributed by atoms with Crippen molar-refractivity contribution in [3.8, 4) is 0 Å². The largest absolute Gasteiger partial charge is 0.379 e. The molecule has 0 radical (unpaired) electrons. The zero-order valence-electron chi connectivity index (χ0n) is 15.0. The highest BCUT2D eigenvalue weighted by molar-refractivity contribution is 5.82. The molecular weight excluding hydrogens is 316 g/mol. The summed E-state index contributed by atoms with van der Waals surface area (Å²) in [6.45, 7) is 5.31. The second kappa shape index (κ2) is 9.90. The zero-order valence-corrected chi connectivity index (χ0v) is 15.0. The number of nitrogens with zero attached hydrogens (tertiary/aromatic N) is 1. The number of ether oxygens (including phenoxy) is 2. The minimum absolute atomic E-state index is 0.0138. The second-order valence-electron chi connectivity index (χ2n) is 6.93. The van der Waals surface area contributed by atoms with E-state index in [1.807, 2.05) is 30.3 Å². The summed E-state index contributed by atoms with van der Waals surface area (Å²) in [6, 6.07) is 9.86. The molecule has 1 aromatic carbocycles. The number of morpholine rings is 1. The Morgan fingerprint density at radius 1 is 1.20 bits per heavy atom. The molecule has 0 unspecified atom stereocenters. The average molecular weight is 346 g/mol. The summed E-state index contributed by atoms with van der Waals surface area (Å²) in [5.74, 6) is -0.0138. The molecule has 2 aliphatic rings. The van der Waals surface area contributed by atoms with Crippen LogP contribution in [0.25, 0.3) is 0 Å². The van der Waals surface area contributed by atoms with E-state index in [1.54, 1.807) is 0 Å². The molecular formula is C20H30N2O3. The monoisotopic (exact) mass is 346 g/mol. The Hall–Kier alpha value is -1.43. The van der Waals surface area contributed by atoms with Gasteiger partial charge in [0.15, 0.2) is 6.10 Å². The van der Waals surface area contributed by atoms with Gasteiger partial charge in [-0.1, -0.05) is 43.2 Å². The van der Waals surface area contributed by atoms with Crippen molar-refractivity contribution in [2.75, 3.05) is 39.4 Å². The molecule has 1 heterocycles. The highest BCUT2D eigenvalue weighted by Crippen LogP contribution is 2.28. The van der Waals surface area contributed by atoms with E-state index < -0.39 is 6.10 Å². The third-order valence-corrected chi connectivity index (χ3v) is 5.03. The quantitative estimate of drug-likeness (QED) is 0.735. The number of hydrogen-bond donors (Lipinski definition) is 1. The molecule has 1 aromatic rings. The molecule has 1 amide bonds. The molecule has 1 aliphatic heterocycles. The van der Waals surface area contributed by atoms with Crippen molar-refractivity contribution in [2.24, 2.45) is 0 Å². The molecule has 1 atom stereocenters. The summed E-state index contributed by atoms with van der Waals surface area (Å²) in [4.78, 5) is 15.1. The van der Waals surface area contributed by atoms with E-state index in [4.69, 9.17) is 9.47 Å². The van der Waals surface area contributed by atoms with Crippen LogP contribution in [-0.2, 0) is 14.3 Å². The van der Waals surface area contributed by atoms with Crippen LogP contribution in [0.1, 0.15) is 43.8 Å². The molecule has 3 rings (SSSR count). The van der Waals surface area contributed by atoms with E-state index in [0.29, 0.717) is 6.54 Å². The molecule has 5 nitrogen and oxygen atoms in total. The number of nitrogens with one attached hydrogen (secondary N) is 1. The number of benzene rings is 1. The van der Waals surface area contributed by atoms with Crippen LogP contribution in [-0.4, -0.2) is 56.3 Å². The van der Waals surface area contributed by atoms with Gasteiger partial charge in [0, 0.05) is 19.6 Å². The second-order valence-corrected chi connectivity index (χ2v) is 6.93. The van der Waals surface area contributed by atoms with Gasteiger partial charge in [-0.05, 0) is 31.4 Å². The smallest absolute Gasteiger partial charge is 0.253 e. The maximum atomic E-state index is 12.7. The third kappa shape index (κ3) is 5.80. The fourth-order valence-corrected chi connectivity index (χ4v) is 3.57. The predicted molar refractivity (Wildman–Crippen MR) is 97.4 cm³/mol. The van der Waals surface area contributed by atoms with Gasteiger partial charge in [-0.25, -0.2) is 0 Å². The van der Waals surface area contributed by atoms with Crippen molar-refractivity contribution < 1.29 is 14.3 Å². The van der Waals surface area contributed by atoms with Crippen LogP contribution in [0.5, 0.6) is 0 Å². The summed E-state index contributed by atoms with van der Waals surface area (Å²) < 4.78 is 11.5. The molecule has 0 bridgehead atoms. The Kier molecular flexibility index (Phi) is 7.27. The summed E-state index contributed by atoms with van der Waals surface area (Å²) in [5, 5.41) is 3.07. The van der Waals surface area contributed by atoms with Crippen molar-refractivity contribution in [3.63, 3.8) is 0 Å². The minimum atomic E-state index is -0.493. The Bertz CT molecular complexity index is 511. The molecule has 1 aliphatic carbocycles. The van der Waals surface area contributed by atoms with E-state index in [-0.39, 0.29) is 12.0 Å². The molecule has 138 valence electrons. The molecule has 5 heteroatoms. The number of rotatable bonds is 8. The van der Waals surface area contributed by atoms with Crippen LogP contribution in [0.2, 0.25) is 0 Å². The molecule has 1 saturated heterocycles. The van der Waals surface area contributed by atoms with E-state index >= 15 is 0 Å². The molecule has 1 N–H and O–H groups in total. The van der Waals surface area contributed by atoms with Gasteiger partial charge in [0.05, 0.1) is 19.3 Å². The van der Waals surface area contributed by atoms with Gasteiger partial charge < -0.3 is 14.8 Å². The van der Waals surface area contributed by atoms with E-state index in [1.165, 1.54) is 12.8 Å². The molecule has 0 aromatic heterocycles. The first kappa shape index (κ1) is 18.4. The summed E-state index contributed by atoms with van der Waals surface area (Å²) in [5.41, 5.74) is 0.945. The van der Waals surface area contributed by atoms with Crippen LogP contribution in [0.3, 0.4) is 0 Å². The Labute approximate surface area is 150 Å². The number of carbonyl (C=O) groups is 1. The lowest BCUT2D eigenvalue weighted by Crippen LogP contribution is -2.39. The first-order valence-electron chi connectivity index (χ1n) is 9.61. The molecule has 0 spiro atoms. The van der Waals surface area contributed by atoms with Crippen LogP contribution >= 0.6 is 0 Å². The summed E-state index contributed by atoms with van der Waals surface area (Å²) in [7, 11) is 0. The van der Waals surface area contributed by atoms with Crippen LogP contribution in [0.15, 0.2) is 30.3 Å². The topological polar surface area (TPSA) is 50.8 Å². The predicted octanol–water partition coefficient (Wildman–Crippen LogP) is 2.53. The van der Waals surface area contributed by atoms with Crippen LogP contribution < -0.4 is 5.32 Å². The molecule has 1 saturated carbocycles. The highest BCUT2D eigenvalue weighted by atomic mass is 16.5. The van der Waals surface area contributed by atoms with Gasteiger partial charge in [0.1, 0.15) is 0 Å². The van der Waals surface area contributed by atoms with Gasteiger partial charge in [-0.15, -0.1) is 0 Å². The van der Waals surface area contributed by atoms with Crippen molar-refractivity contribution in [1.29, 1.82) is 0 Å². The Morgan fingerprint density at radius 2 is 1.92 bits per heavy atom. The van der Waals surface area contributed by atoms with Crippen molar-refractivity contribution in [1.82, 2.24) is 10.2 Å². The first-order valence-corrected chi connectivity index (χ1v) is 9.61. The molecule has 2 fully saturated rings. The van der Waals surface area contributed by atoms with Crippen molar-refractivity contribution in [3.05, 3.63) is 35.9 Å². The number of amides is 1. The zero-order chi connectivity index (χ0) is 17.3. The summed E-state index contributed by atoms with van der Waals surface area (Å²) in [6.07, 6.45) is 5.20. The lowest BCUT2D eigenvalue weighted by Gasteiger charge is -2.26. The fraction of sp³-hybridized carbons (Fsp3) is 0.650. The van der Waals surface area contributed by atoms with E-state index in [9.17, 15) is 4.79 Å². The highest BCUT2D eigenvalue weighted by Gasteiger charge is 2.26. The molecule has 25 heavy (non-hydrogen) atoms. The maximum absolute atomic E-state index is 12.7. The first-order chi connectivity index (χ1) is 12.3. The van der Waals surface area contributed by atoms with Gasteiger partial charge in [-0.3, -0.25) is 9.69 Å². The normalized spacial score (nSPS) is 20.5. The Balaban J connectivity index is 1.48. The SMILES string of the molecule is O=C(NCCCN1CCOCC1)[C@@H](OC1CCCC1)c1ccccc1. The minimum Gasteiger partial charge on any atom is -0.379 e. The average Bonchev–Trinajstić information content (AvgIpc) is 3.18. The fourth-order valence-electron chi connectivity index (χ4n) is 3.57. The van der Waals surface area contributed by atoms with Crippen molar-refractivity contribution in [2.45, 2.75) is 44.3 Å². The Morgan fingerprint density at radius 3 is 2.64 bits per heavy atom. The number of carbonyl (C=O) groups excluding carboxylic acids is 1. The lowest BCUT2D eigenvalue weighted by atomic mass is 10.1. The maximum Gasteiger partial charge on any atom is 0.253 e. The van der Waals surface area contributed by atoms with Crippen molar-refractivity contribution >= 4 is 5.91 Å². The van der Waals surface area contributed by atoms with Gasteiger partial charge in [-0.2, -0.15) is 0 Å². The van der Waals surface area contributed by atoms with E-state index in [0.717, 1.165) is 57.7 Å². The van der Waals surface area contributed by atoms with Gasteiger partial charge >= 0.3 is 0 Å². The van der Waals surface area contributed by atoms with Crippen LogP contribution in [0.4, 0.5) is 0 Å². The lowest BCUT2D eigenvalue weighted by molar-refractivity contribution is -0.137. The van der Waals surface area contributed by atoms with E-state index in [2.05, 4.69) is 10.2 Å². The standard InChI is InChI=1S/C20H30N2O3/c23-20(21-11-6-12-22-13-15-24-16-14-22)19(17-7-2-1-3-8-17)25-18-9-4-5-10-18/h1-3,7-8,18-19H,4-6,9-16H2,(H,21,23)/t19-/m0/s1.